The summed E-state index contributed by atoms with van der Waals surface area (Å²) in [6.45, 7) is 0.245. The van der Waals surface area contributed by atoms with Crippen molar-refractivity contribution >= 4 is 44.9 Å². The molecule has 2 aromatic carbocycles. The summed E-state index contributed by atoms with van der Waals surface area (Å²) in [4.78, 5) is 26.3. The molecule has 3 rings (SSSR count). The Morgan fingerprint density at radius 2 is 1.92 bits per heavy atom. The number of rotatable bonds is 3. The minimum absolute atomic E-state index is 0.245. The van der Waals surface area contributed by atoms with E-state index in [-0.39, 0.29) is 17.7 Å². The SMILES string of the molecule is N#Cc1ccc(/C=C2/SC(=O)N(Cc3cccc(Br)c3)C2=O)cc1. The summed E-state index contributed by atoms with van der Waals surface area (Å²) in [6.07, 6.45) is 1.67. The van der Waals surface area contributed by atoms with E-state index in [9.17, 15) is 9.59 Å². The second-order valence-electron chi connectivity index (χ2n) is 5.13. The first-order valence-electron chi connectivity index (χ1n) is 7.07. The fourth-order valence-corrected chi connectivity index (χ4v) is 3.54. The average molecular weight is 399 g/mol. The quantitative estimate of drug-likeness (QED) is 0.711. The van der Waals surface area contributed by atoms with Gasteiger partial charge < -0.3 is 0 Å². The fourth-order valence-electron chi connectivity index (χ4n) is 2.26. The van der Waals surface area contributed by atoms with Gasteiger partial charge in [0.2, 0.25) is 0 Å². The first-order valence-corrected chi connectivity index (χ1v) is 8.68. The molecule has 4 nitrogen and oxygen atoms in total. The van der Waals surface area contributed by atoms with Crippen LogP contribution < -0.4 is 0 Å². The molecule has 0 aliphatic carbocycles. The van der Waals surface area contributed by atoms with Crippen molar-refractivity contribution in [3.8, 4) is 6.07 Å². The predicted molar refractivity (Wildman–Crippen MR) is 96.8 cm³/mol. The van der Waals surface area contributed by atoms with Crippen LogP contribution in [0.4, 0.5) is 4.79 Å². The molecule has 1 aliphatic rings. The van der Waals surface area contributed by atoms with E-state index in [1.807, 2.05) is 30.3 Å². The van der Waals surface area contributed by atoms with Gasteiger partial charge in [-0.2, -0.15) is 5.26 Å². The maximum atomic E-state index is 12.5. The van der Waals surface area contributed by atoms with Crippen LogP contribution in [0.1, 0.15) is 16.7 Å². The Kier molecular flexibility index (Phi) is 4.84. The van der Waals surface area contributed by atoms with Crippen LogP contribution in [-0.2, 0) is 11.3 Å². The van der Waals surface area contributed by atoms with Crippen LogP contribution in [0.2, 0.25) is 0 Å². The molecule has 6 heteroatoms. The van der Waals surface area contributed by atoms with Gasteiger partial charge in [0.1, 0.15) is 0 Å². The zero-order chi connectivity index (χ0) is 17.1. The Balaban J connectivity index is 1.80. The number of nitrogens with zero attached hydrogens (tertiary/aromatic N) is 2. The lowest BCUT2D eigenvalue weighted by atomic mass is 10.1. The third-order valence-corrected chi connectivity index (χ3v) is 4.84. The maximum Gasteiger partial charge on any atom is 0.293 e. The first-order chi connectivity index (χ1) is 11.6. The van der Waals surface area contributed by atoms with Crippen LogP contribution in [0.15, 0.2) is 57.9 Å². The van der Waals surface area contributed by atoms with Crippen LogP contribution in [-0.4, -0.2) is 16.0 Å². The van der Waals surface area contributed by atoms with Gasteiger partial charge in [0.05, 0.1) is 23.1 Å². The molecule has 0 aromatic heterocycles. The van der Waals surface area contributed by atoms with E-state index >= 15 is 0 Å². The summed E-state index contributed by atoms with van der Waals surface area (Å²) in [5, 5.41) is 8.53. The van der Waals surface area contributed by atoms with Crippen molar-refractivity contribution in [2.75, 3.05) is 0 Å². The van der Waals surface area contributed by atoms with Gasteiger partial charge in [0.15, 0.2) is 0 Å². The van der Waals surface area contributed by atoms with Crippen LogP contribution in [0, 0.1) is 11.3 Å². The normalized spacial score (nSPS) is 15.8. The van der Waals surface area contributed by atoms with Crippen molar-refractivity contribution in [2.24, 2.45) is 0 Å². The molecule has 0 spiro atoms. The molecule has 0 bridgehead atoms. The van der Waals surface area contributed by atoms with Gasteiger partial charge in [-0.05, 0) is 53.2 Å². The fraction of sp³-hybridized carbons (Fsp3) is 0.0556. The third kappa shape index (κ3) is 3.58. The molecule has 24 heavy (non-hydrogen) atoms. The summed E-state index contributed by atoms with van der Waals surface area (Å²) >= 11 is 4.31. The van der Waals surface area contributed by atoms with Gasteiger partial charge >= 0.3 is 0 Å². The zero-order valence-corrected chi connectivity index (χ0v) is 14.8. The second kappa shape index (κ2) is 7.04. The van der Waals surface area contributed by atoms with E-state index in [0.29, 0.717) is 10.5 Å². The van der Waals surface area contributed by atoms with Crippen molar-refractivity contribution in [3.63, 3.8) is 0 Å². The third-order valence-electron chi connectivity index (χ3n) is 3.44. The summed E-state index contributed by atoms with van der Waals surface area (Å²) in [5.74, 6) is -0.297. The Bertz CT molecular complexity index is 885. The number of carbonyl (C=O) groups excluding carboxylic acids is 2. The number of imide groups is 1. The molecule has 0 radical (unpaired) electrons. The second-order valence-corrected chi connectivity index (χ2v) is 7.04. The van der Waals surface area contributed by atoms with Crippen molar-refractivity contribution in [3.05, 3.63) is 74.6 Å². The maximum absolute atomic E-state index is 12.5. The van der Waals surface area contributed by atoms with Crippen LogP contribution in [0.25, 0.3) is 6.08 Å². The number of carbonyl (C=O) groups is 2. The van der Waals surface area contributed by atoms with E-state index in [2.05, 4.69) is 15.9 Å². The van der Waals surface area contributed by atoms with Gasteiger partial charge in [-0.3, -0.25) is 14.5 Å². The lowest BCUT2D eigenvalue weighted by Gasteiger charge is -2.12. The summed E-state index contributed by atoms with van der Waals surface area (Å²) in [5.41, 5.74) is 2.21. The molecular weight excluding hydrogens is 388 g/mol. The number of nitriles is 1. The first kappa shape index (κ1) is 16.5. The number of hydrogen-bond acceptors (Lipinski definition) is 4. The topological polar surface area (TPSA) is 61.2 Å². The Hall–Kier alpha value is -2.36. The zero-order valence-electron chi connectivity index (χ0n) is 12.4. The highest BCUT2D eigenvalue weighted by atomic mass is 79.9. The molecule has 1 saturated heterocycles. The molecule has 1 fully saturated rings. The lowest BCUT2D eigenvalue weighted by Crippen LogP contribution is -2.27. The van der Waals surface area contributed by atoms with E-state index in [1.54, 1.807) is 30.3 Å². The molecule has 0 atom stereocenters. The molecule has 1 heterocycles. The minimum atomic E-state index is -0.297. The summed E-state index contributed by atoms with van der Waals surface area (Å²) in [6, 6.07) is 16.4. The molecule has 0 saturated carbocycles. The highest BCUT2D eigenvalue weighted by molar-refractivity contribution is 9.10. The van der Waals surface area contributed by atoms with Gasteiger partial charge in [-0.1, -0.05) is 40.2 Å². The Labute approximate surface area is 151 Å². The highest BCUT2D eigenvalue weighted by Crippen LogP contribution is 2.33. The van der Waals surface area contributed by atoms with E-state index in [4.69, 9.17) is 5.26 Å². The van der Waals surface area contributed by atoms with Gasteiger partial charge in [-0.15, -0.1) is 0 Å². The van der Waals surface area contributed by atoms with Crippen LogP contribution in [0.5, 0.6) is 0 Å². The molecular formula is C18H11BrN2O2S. The van der Waals surface area contributed by atoms with Crippen molar-refractivity contribution < 1.29 is 9.59 Å². The molecule has 118 valence electrons. The Morgan fingerprint density at radius 1 is 1.17 bits per heavy atom. The summed E-state index contributed by atoms with van der Waals surface area (Å²) < 4.78 is 0.903. The van der Waals surface area contributed by atoms with Crippen molar-refractivity contribution in [1.29, 1.82) is 5.26 Å². The standard InChI is InChI=1S/C18H11BrN2O2S/c19-15-3-1-2-14(8-15)11-21-17(22)16(24-18(21)23)9-12-4-6-13(10-20)7-5-12/h1-9H,11H2/b16-9+. The molecule has 2 amide bonds. The largest absolute Gasteiger partial charge is 0.293 e. The minimum Gasteiger partial charge on any atom is -0.268 e. The van der Waals surface area contributed by atoms with Crippen molar-refractivity contribution in [1.82, 2.24) is 4.90 Å². The van der Waals surface area contributed by atoms with Crippen LogP contribution in [0.3, 0.4) is 0 Å². The Morgan fingerprint density at radius 3 is 2.58 bits per heavy atom. The molecule has 2 aromatic rings. The summed E-state index contributed by atoms with van der Waals surface area (Å²) in [7, 11) is 0. The number of amides is 2. The predicted octanol–water partition coefficient (Wildman–Crippen LogP) is 4.56. The van der Waals surface area contributed by atoms with Gasteiger partial charge in [0.25, 0.3) is 11.1 Å². The van der Waals surface area contributed by atoms with E-state index < -0.39 is 0 Å². The van der Waals surface area contributed by atoms with Crippen molar-refractivity contribution in [2.45, 2.75) is 6.54 Å². The number of hydrogen-bond donors (Lipinski definition) is 0. The number of thioether (sulfide) groups is 1. The van der Waals surface area contributed by atoms with Gasteiger partial charge in [-0.25, -0.2) is 0 Å². The lowest BCUT2D eigenvalue weighted by molar-refractivity contribution is -0.123. The smallest absolute Gasteiger partial charge is 0.268 e. The number of halogens is 1. The highest BCUT2D eigenvalue weighted by Gasteiger charge is 2.34. The van der Waals surface area contributed by atoms with E-state index in [0.717, 1.165) is 27.4 Å². The average Bonchev–Trinajstić information content (AvgIpc) is 2.83. The number of benzene rings is 2. The molecule has 1 aliphatic heterocycles. The van der Waals surface area contributed by atoms with E-state index in [1.165, 1.54) is 4.90 Å². The van der Waals surface area contributed by atoms with Gasteiger partial charge in [0, 0.05) is 4.47 Å². The monoisotopic (exact) mass is 398 g/mol. The molecule has 0 unspecified atom stereocenters. The van der Waals surface area contributed by atoms with Crippen LogP contribution >= 0.6 is 27.7 Å². The molecule has 0 N–H and O–H groups in total.